The van der Waals surface area contributed by atoms with E-state index in [1.54, 1.807) is 12.1 Å². The fraction of sp³-hybridized carbons (Fsp3) is 0.353. The summed E-state index contributed by atoms with van der Waals surface area (Å²) in [4.78, 5) is 12.0. The number of aliphatic hydroxyl groups is 1. The van der Waals surface area contributed by atoms with Gasteiger partial charge in [-0.05, 0) is 49.2 Å². The molecule has 2 rings (SSSR count). The molecule has 1 aromatic carbocycles. The van der Waals surface area contributed by atoms with Crippen LogP contribution in [0.15, 0.2) is 40.8 Å². The number of amides is 1. The van der Waals surface area contributed by atoms with E-state index in [0.717, 1.165) is 6.42 Å². The largest absolute Gasteiger partial charge is 0.486 e. The number of rotatable bonds is 8. The number of halogens is 1. The Morgan fingerprint density at radius 3 is 2.70 bits per heavy atom. The van der Waals surface area contributed by atoms with Crippen molar-refractivity contribution in [1.82, 2.24) is 5.32 Å². The minimum absolute atomic E-state index is 0.0215. The Labute approximate surface area is 134 Å². The van der Waals surface area contributed by atoms with Crippen molar-refractivity contribution in [3.05, 3.63) is 53.7 Å². The first-order valence-corrected chi connectivity index (χ1v) is 7.51. The Morgan fingerprint density at radius 1 is 1.30 bits per heavy atom. The Morgan fingerprint density at radius 2 is 2.04 bits per heavy atom. The van der Waals surface area contributed by atoms with Gasteiger partial charge in [0, 0.05) is 12.6 Å². The second kappa shape index (κ2) is 8.33. The number of furan rings is 1. The van der Waals surface area contributed by atoms with E-state index >= 15 is 0 Å². The molecule has 0 saturated heterocycles. The van der Waals surface area contributed by atoms with Crippen LogP contribution in [0.2, 0.25) is 0 Å². The van der Waals surface area contributed by atoms with Crippen LogP contribution >= 0.6 is 0 Å². The number of hydrogen-bond donors (Lipinski definition) is 2. The molecular weight excluding hydrogens is 301 g/mol. The summed E-state index contributed by atoms with van der Waals surface area (Å²) in [6.07, 6.45) is 1.23. The summed E-state index contributed by atoms with van der Waals surface area (Å²) in [7, 11) is 0. The molecule has 0 aliphatic heterocycles. The van der Waals surface area contributed by atoms with Crippen LogP contribution in [0.4, 0.5) is 4.39 Å². The van der Waals surface area contributed by atoms with Gasteiger partial charge in [-0.1, -0.05) is 6.92 Å². The molecule has 1 unspecified atom stereocenters. The molecule has 0 spiro atoms. The lowest BCUT2D eigenvalue weighted by atomic mass is 10.1. The molecule has 0 fully saturated rings. The predicted molar refractivity (Wildman–Crippen MR) is 82.7 cm³/mol. The van der Waals surface area contributed by atoms with Crippen molar-refractivity contribution >= 4 is 5.91 Å². The zero-order chi connectivity index (χ0) is 16.7. The lowest BCUT2D eigenvalue weighted by Crippen LogP contribution is -2.34. The fourth-order valence-corrected chi connectivity index (χ4v) is 2.05. The zero-order valence-corrected chi connectivity index (χ0v) is 12.9. The molecule has 0 saturated carbocycles. The Kier molecular flexibility index (Phi) is 6.17. The standard InChI is InChI=1S/C17H20FNO4/c1-2-13(9-10-20)19-17(21)16-8-7-15(23-16)11-22-14-5-3-12(18)4-6-14/h3-8,13,20H,2,9-11H2,1H3,(H,19,21). The van der Waals surface area contributed by atoms with E-state index < -0.39 is 0 Å². The topological polar surface area (TPSA) is 71.7 Å². The molecule has 0 radical (unpaired) electrons. The number of carbonyl (C=O) groups is 1. The van der Waals surface area contributed by atoms with Gasteiger partial charge in [0.2, 0.25) is 0 Å². The highest BCUT2D eigenvalue weighted by atomic mass is 19.1. The monoisotopic (exact) mass is 321 g/mol. The molecule has 1 atom stereocenters. The minimum Gasteiger partial charge on any atom is -0.486 e. The van der Waals surface area contributed by atoms with Crippen molar-refractivity contribution in [3.63, 3.8) is 0 Å². The Hall–Kier alpha value is -2.34. The first kappa shape index (κ1) is 17.0. The molecule has 1 aromatic heterocycles. The van der Waals surface area contributed by atoms with E-state index in [1.165, 1.54) is 24.3 Å². The summed E-state index contributed by atoms with van der Waals surface area (Å²) in [5.41, 5.74) is 0. The van der Waals surface area contributed by atoms with Gasteiger partial charge in [-0.3, -0.25) is 4.79 Å². The van der Waals surface area contributed by atoms with Crippen LogP contribution in [0.3, 0.4) is 0 Å². The highest BCUT2D eigenvalue weighted by molar-refractivity contribution is 5.91. The highest BCUT2D eigenvalue weighted by Gasteiger charge is 2.15. The summed E-state index contributed by atoms with van der Waals surface area (Å²) >= 11 is 0. The minimum atomic E-state index is -0.331. The lowest BCUT2D eigenvalue weighted by molar-refractivity contribution is 0.0897. The van der Waals surface area contributed by atoms with E-state index in [-0.39, 0.29) is 36.7 Å². The van der Waals surface area contributed by atoms with Gasteiger partial charge in [-0.2, -0.15) is 0 Å². The highest BCUT2D eigenvalue weighted by Crippen LogP contribution is 2.15. The summed E-state index contributed by atoms with van der Waals surface area (Å²) in [6, 6.07) is 8.80. The second-order valence-electron chi connectivity index (χ2n) is 5.10. The van der Waals surface area contributed by atoms with Crippen LogP contribution in [0.1, 0.15) is 36.1 Å². The molecule has 0 aliphatic carbocycles. The molecular formula is C17H20FNO4. The van der Waals surface area contributed by atoms with Crippen LogP contribution in [0, 0.1) is 5.82 Å². The van der Waals surface area contributed by atoms with Gasteiger partial charge in [-0.25, -0.2) is 4.39 Å². The normalized spacial score (nSPS) is 12.0. The van der Waals surface area contributed by atoms with Crippen molar-refractivity contribution in [2.45, 2.75) is 32.4 Å². The number of nitrogens with one attached hydrogen (secondary N) is 1. The number of benzene rings is 1. The van der Waals surface area contributed by atoms with E-state index in [0.29, 0.717) is 17.9 Å². The molecule has 1 heterocycles. The third-order valence-electron chi connectivity index (χ3n) is 3.39. The maximum absolute atomic E-state index is 12.8. The van der Waals surface area contributed by atoms with Gasteiger partial charge < -0.3 is 19.6 Å². The predicted octanol–water partition coefficient (Wildman–Crippen LogP) is 2.89. The molecule has 124 valence electrons. The molecule has 1 amide bonds. The number of hydrogen-bond acceptors (Lipinski definition) is 4. The van der Waals surface area contributed by atoms with Gasteiger partial charge >= 0.3 is 0 Å². The Balaban J connectivity index is 1.89. The van der Waals surface area contributed by atoms with E-state index in [2.05, 4.69) is 5.32 Å². The van der Waals surface area contributed by atoms with Crippen molar-refractivity contribution in [3.8, 4) is 5.75 Å². The van der Waals surface area contributed by atoms with E-state index in [9.17, 15) is 9.18 Å². The molecule has 5 nitrogen and oxygen atoms in total. The maximum atomic E-state index is 12.8. The summed E-state index contributed by atoms with van der Waals surface area (Å²) in [5, 5.41) is 11.7. The van der Waals surface area contributed by atoms with Gasteiger partial charge in [0.25, 0.3) is 5.91 Å². The number of carbonyl (C=O) groups excluding carboxylic acids is 1. The summed E-state index contributed by atoms with van der Waals surface area (Å²) in [6.45, 7) is 2.10. The van der Waals surface area contributed by atoms with Gasteiger partial charge in [0.05, 0.1) is 0 Å². The molecule has 2 N–H and O–H groups in total. The summed E-state index contributed by atoms with van der Waals surface area (Å²) < 4.78 is 23.7. The third kappa shape index (κ3) is 5.10. The van der Waals surface area contributed by atoms with Crippen molar-refractivity contribution in [1.29, 1.82) is 0 Å². The van der Waals surface area contributed by atoms with Gasteiger partial charge in [-0.15, -0.1) is 0 Å². The molecule has 23 heavy (non-hydrogen) atoms. The van der Waals surface area contributed by atoms with Gasteiger partial charge in [0.15, 0.2) is 5.76 Å². The zero-order valence-electron chi connectivity index (χ0n) is 12.9. The van der Waals surface area contributed by atoms with E-state index in [4.69, 9.17) is 14.3 Å². The second-order valence-corrected chi connectivity index (χ2v) is 5.10. The van der Waals surface area contributed by atoms with Crippen molar-refractivity contribution < 1.29 is 23.4 Å². The first-order valence-electron chi connectivity index (χ1n) is 7.51. The summed E-state index contributed by atoms with van der Waals surface area (Å²) in [5.74, 6) is 0.553. The Bertz CT molecular complexity index is 624. The quantitative estimate of drug-likeness (QED) is 0.784. The number of ether oxygens (including phenoxy) is 1. The lowest BCUT2D eigenvalue weighted by Gasteiger charge is -2.14. The maximum Gasteiger partial charge on any atom is 0.287 e. The average molecular weight is 321 g/mol. The van der Waals surface area contributed by atoms with Crippen LogP contribution in [0.25, 0.3) is 0 Å². The first-order chi connectivity index (χ1) is 11.1. The number of aliphatic hydroxyl groups excluding tert-OH is 1. The molecule has 2 aromatic rings. The molecule has 6 heteroatoms. The van der Waals surface area contributed by atoms with Crippen LogP contribution in [-0.2, 0) is 6.61 Å². The van der Waals surface area contributed by atoms with Crippen molar-refractivity contribution in [2.75, 3.05) is 6.61 Å². The van der Waals surface area contributed by atoms with Crippen LogP contribution < -0.4 is 10.1 Å². The SMILES string of the molecule is CCC(CCO)NC(=O)c1ccc(COc2ccc(F)cc2)o1. The van der Waals surface area contributed by atoms with E-state index in [1.807, 2.05) is 6.92 Å². The molecule has 0 aliphatic rings. The average Bonchev–Trinajstić information content (AvgIpc) is 3.03. The smallest absolute Gasteiger partial charge is 0.287 e. The van der Waals surface area contributed by atoms with Crippen LogP contribution in [0.5, 0.6) is 5.75 Å². The third-order valence-corrected chi connectivity index (χ3v) is 3.39. The van der Waals surface area contributed by atoms with Crippen molar-refractivity contribution in [2.24, 2.45) is 0 Å². The molecule has 0 bridgehead atoms. The fourth-order valence-electron chi connectivity index (χ4n) is 2.05. The van der Waals surface area contributed by atoms with Crippen LogP contribution in [-0.4, -0.2) is 23.7 Å². The van der Waals surface area contributed by atoms with Gasteiger partial charge in [0.1, 0.15) is 23.9 Å².